The van der Waals surface area contributed by atoms with Gasteiger partial charge in [0.1, 0.15) is 0 Å². The molecule has 1 atom stereocenters. The van der Waals surface area contributed by atoms with Crippen molar-refractivity contribution in [1.82, 2.24) is 9.80 Å². The first-order chi connectivity index (χ1) is 8.65. The molecule has 1 saturated heterocycles. The van der Waals surface area contributed by atoms with Crippen LogP contribution < -0.4 is 0 Å². The van der Waals surface area contributed by atoms with Crippen LogP contribution in [0, 0.1) is 11.8 Å². The summed E-state index contributed by atoms with van der Waals surface area (Å²) in [4.78, 5) is 4.78. The first-order valence-electron chi connectivity index (χ1n) is 7.70. The summed E-state index contributed by atoms with van der Waals surface area (Å²) >= 11 is 0. The molecule has 18 heavy (non-hydrogen) atoms. The molecule has 2 fully saturated rings. The van der Waals surface area contributed by atoms with Gasteiger partial charge < -0.3 is 14.9 Å². The zero-order valence-corrected chi connectivity index (χ0v) is 12.1. The van der Waals surface area contributed by atoms with Crippen molar-refractivity contribution in [2.75, 3.05) is 40.3 Å². The highest BCUT2D eigenvalue weighted by Gasteiger charge is 2.25. The third kappa shape index (κ3) is 4.22. The molecule has 3 nitrogen and oxygen atoms in total. The maximum absolute atomic E-state index is 10.2. The van der Waals surface area contributed by atoms with Gasteiger partial charge >= 0.3 is 0 Å². The molecule has 1 heterocycles. The van der Waals surface area contributed by atoms with E-state index in [9.17, 15) is 5.11 Å². The van der Waals surface area contributed by atoms with E-state index in [4.69, 9.17) is 0 Å². The molecule has 2 aliphatic rings. The quantitative estimate of drug-likeness (QED) is 0.810. The van der Waals surface area contributed by atoms with Gasteiger partial charge in [-0.25, -0.2) is 0 Å². The highest BCUT2D eigenvalue weighted by atomic mass is 16.3. The fraction of sp³-hybridized carbons (Fsp3) is 1.00. The summed E-state index contributed by atoms with van der Waals surface area (Å²) in [5.41, 5.74) is 0. The predicted octanol–water partition coefficient (Wildman–Crippen LogP) is 1.81. The second-order valence-corrected chi connectivity index (χ2v) is 6.58. The average Bonchev–Trinajstić information content (AvgIpc) is 2.85. The van der Waals surface area contributed by atoms with Crippen LogP contribution >= 0.6 is 0 Å². The van der Waals surface area contributed by atoms with Gasteiger partial charge in [0.05, 0.1) is 6.10 Å². The smallest absolute Gasteiger partial charge is 0.0695 e. The number of hydrogen-bond donors (Lipinski definition) is 1. The average molecular weight is 254 g/mol. The van der Waals surface area contributed by atoms with Crippen molar-refractivity contribution >= 4 is 0 Å². The van der Waals surface area contributed by atoms with Gasteiger partial charge in [0, 0.05) is 13.1 Å². The molecule has 1 saturated carbocycles. The third-order valence-corrected chi connectivity index (χ3v) is 4.85. The number of rotatable bonds is 5. The molecule has 1 aliphatic carbocycles. The van der Waals surface area contributed by atoms with Gasteiger partial charge in [0.15, 0.2) is 0 Å². The van der Waals surface area contributed by atoms with E-state index in [2.05, 4.69) is 23.9 Å². The Labute approximate surface area is 112 Å². The molecule has 0 aromatic rings. The van der Waals surface area contributed by atoms with Gasteiger partial charge in [-0.15, -0.1) is 0 Å². The van der Waals surface area contributed by atoms with E-state index in [-0.39, 0.29) is 6.10 Å². The van der Waals surface area contributed by atoms with E-state index < -0.39 is 0 Å². The molecule has 2 rings (SSSR count). The number of nitrogens with zero attached hydrogens (tertiary/aromatic N) is 2. The first kappa shape index (κ1) is 14.3. The van der Waals surface area contributed by atoms with Crippen molar-refractivity contribution < 1.29 is 5.11 Å². The summed E-state index contributed by atoms with van der Waals surface area (Å²) in [7, 11) is 4.39. The summed E-state index contributed by atoms with van der Waals surface area (Å²) in [5, 5.41) is 10.2. The molecule has 0 radical (unpaired) electrons. The van der Waals surface area contributed by atoms with Gasteiger partial charge in [-0.1, -0.05) is 12.8 Å². The largest absolute Gasteiger partial charge is 0.392 e. The van der Waals surface area contributed by atoms with Gasteiger partial charge in [-0.3, -0.25) is 0 Å². The van der Waals surface area contributed by atoms with Crippen molar-refractivity contribution in [3.05, 3.63) is 0 Å². The van der Waals surface area contributed by atoms with E-state index in [1.807, 2.05) is 0 Å². The summed E-state index contributed by atoms with van der Waals surface area (Å²) < 4.78 is 0. The summed E-state index contributed by atoms with van der Waals surface area (Å²) in [6, 6.07) is 0. The van der Waals surface area contributed by atoms with E-state index in [0.717, 1.165) is 19.0 Å². The standard InChI is InChI=1S/C15H30N2O/c1-16-9-7-13(8-10-16)11-17(2)12-15(18)14-5-3-4-6-14/h13-15,18H,3-12H2,1-2H3. The molecular weight excluding hydrogens is 224 g/mol. The predicted molar refractivity (Wildman–Crippen MR) is 75.7 cm³/mol. The van der Waals surface area contributed by atoms with Gasteiger partial charge in [-0.05, 0) is 64.7 Å². The van der Waals surface area contributed by atoms with E-state index >= 15 is 0 Å². The second-order valence-electron chi connectivity index (χ2n) is 6.58. The fourth-order valence-electron chi connectivity index (χ4n) is 3.57. The molecule has 1 aliphatic heterocycles. The topological polar surface area (TPSA) is 26.7 Å². The Morgan fingerprint density at radius 3 is 2.39 bits per heavy atom. The summed E-state index contributed by atoms with van der Waals surface area (Å²) in [6.45, 7) is 4.52. The lowest BCUT2D eigenvalue weighted by Gasteiger charge is -2.33. The molecule has 1 N–H and O–H groups in total. The zero-order valence-electron chi connectivity index (χ0n) is 12.1. The van der Waals surface area contributed by atoms with Gasteiger partial charge in [0.25, 0.3) is 0 Å². The maximum Gasteiger partial charge on any atom is 0.0695 e. The number of aliphatic hydroxyl groups is 1. The van der Waals surface area contributed by atoms with Crippen molar-refractivity contribution in [3.8, 4) is 0 Å². The lowest BCUT2D eigenvalue weighted by Crippen LogP contribution is -2.39. The number of likely N-dealkylation sites (tertiary alicyclic amines) is 1. The zero-order chi connectivity index (χ0) is 13.0. The van der Waals surface area contributed by atoms with Crippen molar-refractivity contribution in [2.24, 2.45) is 11.8 Å². The lowest BCUT2D eigenvalue weighted by atomic mass is 9.95. The lowest BCUT2D eigenvalue weighted by molar-refractivity contribution is 0.0645. The molecular formula is C15H30N2O. The minimum Gasteiger partial charge on any atom is -0.392 e. The van der Waals surface area contributed by atoms with Crippen LogP contribution in [-0.2, 0) is 0 Å². The van der Waals surface area contributed by atoms with E-state index in [0.29, 0.717) is 5.92 Å². The Morgan fingerprint density at radius 1 is 1.17 bits per heavy atom. The number of likely N-dealkylation sites (N-methyl/N-ethyl adjacent to an activating group) is 1. The van der Waals surface area contributed by atoms with Crippen LogP contribution in [0.2, 0.25) is 0 Å². The van der Waals surface area contributed by atoms with Crippen LogP contribution in [0.15, 0.2) is 0 Å². The van der Waals surface area contributed by atoms with Crippen LogP contribution in [-0.4, -0.2) is 61.3 Å². The Bertz CT molecular complexity index is 233. The number of piperidine rings is 1. The van der Waals surface area contributed by atoms with Crippen molar-refractivity contribution in [2.45, 2.75) is 44.6 Å². The normalized spacial score (nSPS) is 26.0. The van der Waals surface area contributed by atoms with E-state index in [1.54, 1.807) is 0 Å². The Balaban J connectivity index is 1.66. The molecule has 0 bridgehead atoms. The number of aliphatic hydroxyl groups excluding tert-OH is 1. The highest BCUT2D eigenvalue weighted by molar-refractivity contribution is 4.78. The van der Waals surface area contributed by atoms with Crippen LogP contribution in [0.4, 0.5) is 0 Å². The minimum atomic E-state index is -0.0937. The minimum absolute atomic E-state index is 0.0937. The van der Waals surface area contributed by atoms with Crippen LogP contribution in [0.3, 0.4) is 0 Å². The monoisotopic (exact) mass is 254 g/mol. The fourth-order valence-corrected chi connectivity index (χ4v) is 3.57. The highest BCUT2D eigenvalue weighted by Crippen LogP contribution is 2.28. The Hall–Kier alpha value is -0.120. The second kappa shape index (κ2) is 6.88. The Kier molecular flexibility index (Phi) is 5.46. The third-order valence-electron chi connectivity index (χ3n) is 4.85. The first-order valence-corrected chi connectivity index (χ1v) is 7.70. The van der Waals surface area contributed by atoms with E-state index in [1.165, 1.54) is 51.6 Å². The Morgan fingerprint density at radius 2 is 1.78 bits per heavy atom. The SMILES string of the molecule is CN1CCC(CN(C)CC(O)C2CCCC2)CC1. The van der Waals surface area contributed by atoms with Crippen molar-refractivity contribution in [1.29, 1.82) is 0 Å². The summed E-state index contributed by atoms with van der Waals surface area (Å²) in [5.74, 6) is 1.41. The molecule has 0 aromatic carbocycles. The van der Waals surface area contributed by atoms with Crippen LogP contribution in [0.5, 0.6) is 0 Å². The van der Waals surface area contributed by atoms with Crippen molar-refractivity contribution in [3.63, 3.8) is 0 Å². The molecule has 0 spiro atoms. The maximum atomic E-state index is 10.2. The van der Waals surface area contributed by atoms with Crippen LogP contribution in [0.1, 0.15) is 38.5 Å². The molecule has 3 heteroatoms. The molecule has 0 aromatic heterocycles. The van der Waals surface area contributed by atoms with Gasteiger partial charge in [-0.2, -0.15) is 0 Å². The molecule has 106 valence electrons. The molecule has 1 unspecified atom stereocenters. The van der Waals surface area contributed by atoms with Gasteiger partial charge in [0.2, 0.25) is 0 Å². The van der Waals surface area contributed by atoms with Crippen LogP contribution in [0.25, 0.3) is 0 Å². The molecule has 0 amide bonds. The number of hydrogen-bond acceptors (Lipinski definition) is 3. The summed E-state index contributed by atoms with van der Waals surface area (Å²) in [6.07, 6.45) is 7.66.